The highest BCUT2D eigenvalue weighted by atomic mass is 32.2. The van der Waals surface area contributed by atoms with Crippen LogP contribution in [0, 0.1) is 11.3 Å². The topological polar surface area (TPSA) is 96.5 Å². The van der Waals surface area contributed by atoms with Gasteiger partial charge in [0.1, 0.15) is 16.6 Å². The molecule has 3 heterocycles. The molecule has 0 radical (unpaired) electrons. The highest BCUT2D eigenvalue weighted by Crippen LogP contribution is 2.38. The summed E-state index contributed by atoms with van der Waals surface area (Å²) in [6.45, 7) is 2.63. The summed E-state index contributed by atoms with van der Waals surface area (Å²) in [5.41, 5.74) is 5.46. The fourth-order valence-corrected chi connectivity index (χ4v) is 7.14. The van der Waals surface area contributed by atoms with Gasteiger partial charge >= 0.3 is 0 Å². The molecule has 0 saturated carbocycles. The summed E-state index contributed by atoms with van der Waals surface area (Å²) in [7, 11) is 0. The highest BCUT2D eigenvalue weighted by Gasteiger charge is 2.26. The van der Waals surface area contributed by atoms with E-state index in [4.69, 9.17) is 4.98 Å². The number of fused-ring (bicyclic) bond motifs is 4. The second-order valence-corrected chi connectivity index (χ2v) is 11.7. The number of thioether (sulfide) groups is 1. The number of carbonyl (C=O) groups excluding carboxylic acids is 1. The first-order valence-corrected chi connectivity index (χ1v) is 14.5. The lowest BCUT2D eigenvalue weighted by Crippen LogP contribution is -2.25. The van der Waals surface area contributed by atoms with E-state index in [9.17, 15) is 10.1 Å². The first-order valence-electron chi connectivity index (χ1n) is 12.8. The van der Waals surface area contributed by atoms with Crippen LogP contribution in [-0.2, 0) is 24.2 Å². The van der Waals surface area contributed by atoms with Crippen LogP contribution < -0.4 is 5.32 Å². The third-order valence-corrected chi connectivity index (χ3v) is 9.39. The number of hydrogen-bond donors (Lipinski definition) is 1. The number of para-hydroxylation sites is 1. The lowest BCUT2D eigenvalue weighted by atomic mass is 9.96. The number of hydrogen-bond acceptors (Lipinski definition) is 7. The third-order valence-electron chi connectivity index (χ3n) is 6.97. The Hall–Kier alpha value is -3.74. The lowest BCUT2D eigenvalue weighted by Gasteiger charge is -2.13. The fourth-order valence-electron chi connectivity index (χ4n) is 5.08. The molecule has 0 aliphatic heterocycles. The predicted octanol–water partition coefficient (Wildman–Crippen LogP) is 6.35. The number of thiophene rings is 1. The Morgan fingerprint density at radius 1 is 1.13 bits per heavy atom. The van der Waals surface area contributed by atoms with Gasteiger partial charge in [-0.3, -0.25) is 4.79 Å². The number of rotatable bonds is 7. The van der Waals surface area contributed by atoms with E-state index in [0.717, 1.165) is 53.3 Å². The van der Waals surface area contributed by atoms with Crippen LogP contribution in [0.3, 0.4) is 0 Å². The van der Waals surface area contributed by atoms with Crippen LogP contribution in [0.4, 0.5) is 5.00 Å². The molecule has 1 amide bonds. The van der Waals surface area contributed by atoms with Crippen LogP contribution in [-0.4, -0.2) is 30.9 Å². The maximum absolute atomic E-state index is 13.3. The Labute approximate surface area is 228 Å². The van der Waals surface area contributed by atoms with Gasteiger partial charge in [-0.25, -0.2) is 4.98 Å². The second kappa shape index (κ2) is 10.6. The fraction of sp³-hybridized carbons (Fsp3) is 0.276. The molecule has 38 heavy (non-hydrogen) atoms. The summed E-state index contributed by atoms with van der Waals surface area (Å²) in [5, 5.41) is 23.5. The smallest absolute Gasteiger partial charge is 0.238 e. The Morgan fingerprint density at radius 3 is 2.74 bits per heavy atom. The minimum absolute atomic E-state index is 0.138. The number of aryl methyl sites for hydroxylation is 1. The average molecular weight is 539 g/mol. The van der Waals surface area contributed by atoms with Crippen molar-refractivity contribution < 1.29 is 4.79 Å². The van der Waals surface area contributed by atoms with Crippen molar-refractivity contribution in [3.63, 3.8) is 0 Å². The molecule has 2 aromatic carbocycles. The molecule has 190 valence electrons. The summed E-state index contributed by atoms with van der Waals surface area (Å²) in [4.78, 5) is 19.5. The summed E-state index contributed by atoms with van der Waals surface area (Å²) >= 11 is 2.86. The molecule has 0 fully saturated rings. The van der Waals surface area contributed by atoms with Crippen molar-refractivity contribution in [2.45, 2.75) is 56.0 Å². The quantitative estimate of drug-likeness (QED) is 0.243. The molecular formula is C29H26N6OS2. The van der Waals surface area contributed by atoms with Crippen LogP contribution in [0.5, 0.6) is 0 Å². The van der Waals surface area contributed by atoms with Crippen molar-refractivity contribution in [3.8, 4) is 6.07 Å². The molecule has 0 unspecified atom stereocenters. The Morgan fingerprint density at radius 2 is 1.92 bits per heavy atom. The van der Waals surface area contributed by atoms with Crippen LogP contribution in [0.15, 0.2) is 59.8 Å². The first kappa shape index (κ1) is 24.6. The summed E-state index contributed by atoms with van der Waals surface area (Å²) in [5.74, 6) is -0.138. The SMILES string of the molecule is CC[C@H](Sc1nnc2c3ccccc3n(Cc3ccccc3)c2n1)C(=O)Nc1sc2c(c1C#N)CCCC2. The van der Waals surface area contributed by atoms with Crippen molar-refractivity contribution in [1.82, 2.24) is 19.7 Å². The minimum Gasteiger partial charge on any atom is -0.319 e. The maximum Gasteiger partial charge on any atom is 0.238 e. The van der Waals surface area contributed by atoms with Crippen molar-refractivity contribution in [1.29, 1.82) is 5.26 Å². The van der Waals surface area contributed by atoms with Crippen molar-refractivity contribution in [3.05, 3.63) is 76.2 Å². The Kier molecular flexibility index (Phi) is 6.83. The van der Waals surface area contributed by atoms with Crippen molar-refractivity contribution >= 4 is 56.1 Å². The number of amides is 1. The molecule has 1 aliphatic carbocycles. The van der Waals surface area contributed by atoms with E-state index in [2.05, 4.69) is 44.3 Å². The zero-order valence-electron chi connectivity index (χ0n) is 21.0. The van der Waals surface area contributed by atoms with E-state index in [0.29, 0.717) is 28.7 Å². The van der Waals surface area contributed by atoms with Gasteiger partial charge in [-0.1, -0.05) is 67.2 Å². The largest absolute Gasteiger partial charge is 0.319 e. The van der Waals surface area contributed by atoms with Gasteiger partial charge in [-0.2, -0.15) is 5.26 Å². The number of carbonyl (C=O) groups is 1. The molecule has 1 atom stereocenters. The van der Waals surface area contributed by atoms with Crippen molar-refractivity contribution in [2.75, 3.05) is 5.32 Å². The first-order chi connectivity index (χ1) is 18.7. The number of benzene rings is 2. The van der Waals surface area contributed by atoms with Gasteiger partial charge in [0.25, 0.3) is 0 Å². The standard InChI is InChI=1S/C29H26N6OS2/c1-2-23(27(36)32-28-21(16-30)19-12-7-9-15-24(19)37-28)38-29-31-26-25(33-34-29)20-13-6-8-14-22(20)35(26)17-18-10-4-3-5-11-18/h3-6,8,10-11,13-14,23H,2,7,9,12,15,17H2,1H3,(H,32,36)/t23-/m0/s1. The molecule has 0 bridgehead atoms. The number of nitrogens with zero attached hydrogens (tertiary/aromatic N) is 5. The van der Waals surface area contributed by atoms with Gasteiger partial charge in [0.15, 0.2) is 5.65 Å². The van der Waals surface area contributed by atoms with Gasteiger partial charge in [0.2, 0.25) is 11.1 Å². The Balaban J connectivity index is 1.30. The summed E-state index contributed by atoms with van der Waals surface area (Å²) < 4.78 is 2.16. The van der Waals surface area contributed by atoms with Gasteiger partial charge in [0, 0.05) is 16.8 Å². The summed E-state index contributed by atoms with van der Waals surface area (Å²) in [6, 6.07) is 20.7. The zero-order chi connectivity index (χ0) is 26.1. The molecule has 5 aromatic rings. The van der Waals surface area contributed by atoms with E-state index in [1.54, 1.807) is 11.3 Å². The third kappa shape index (κ3) is 4.55. The molecule has 3 aromatic heterocycles. The molecule has 1 N–H and O–H groups in total. The van der Waals surface area contributed by atoms with Gasteiger partial charge in [-0.15, -0.1) is 21.5 Å². The van der Waals surface area contributed by atoms with Gasteiger partial charge < -0.3 is 9.88 Å². The van der Waals surface area contributed by atoms with Gasteiger partial charge in [-0.05, 0) is 49.3 Å². The highest BCUT2D eigenvalue weighted by molar-refractivity contribution is 8.00. The normalized spacial score (nSPS) is 13.8. The summed E-state index contributed by atoms with van der Waals surface area (Å²) in [6.07, 6.45) is 4.71. The Bertz CT molecular complexity index is 1680. The molecule has 6 rings (SSSR count). The zero-order valence-corrected chi connectivity index (χ0v) is 22.6. The van der Waals surface area contributed by atoms with Crippen LogP contribution in [0.1, 0.15) is 47.8 Å². The molecule has 0 spiro atoms. The monoisotopic (exact) mass is 538 g/mol. The molecule has 0 saturated heterocycles. The maximum atomic E-state index is 13.3. The molecular weight excluding hydrogens is 512 g/mol. The number of nitriles is 1. The van der Waals surface area contributed by atoms with E-state index < -0.39 is 5.25 Å². The molecule has 1 aliphatic rings. The number of anilines is 1. The van der Waals surface area contributed by atoms with Crippen LogP contribution in [0.2, 0.25) is 0 Å². The van der Waals surface area contributed by atoms with Gasteiger partial charge in [0.05, 0.1) is 16.3 Å². The molecule has 9 heteroatoms. The van der Waals surface area contributed by atoms with E-state index >= 15 is 0 Å². The van der Waals surface area contributed by atoms with E-state index in [-0.39, 0.29) is 5.91 Å². The second-order valence-electron chi connectivity index (χ2n) is 9.39. The number of aromatic nitrogens is 4. The minimum atomic E-state index is -0.410. The lowest BCUT2D eigenvalue weighted by molar-refractivity contribution is -0.115. The predicted molar refractivity (Wildman–Crippen MR) is 153 cm³/mol. The molecule has 7 nitrogen and oxygen atoms in total. The van der Waals surface area contributed by atoms with Crippen LogP contribution in [0.25, 0.3) is 22.1 Å². The van der Waals surface area contributed by atoms with Crippen molar-refractivity contribution in [2.24, 2.45) is 0 Å². The van der Waals surface area contributed by atoms with Crippen LogP contribution >= 0.6 is 23.1 Å². The van der Waals surface area contributed by atoms with E-state index in [1.165, 1.54) is 22.2 Å². The average Bonchev–Trinajstić information content (AvgIpc) is 3.46. The number of nitrogens with one attached hydrogen (secondary N) is 1. The van der Waals surface area contributed by atoms with E-state index in [1.807, 2.05) is 43.3 Å².